The summed E-state index contributed by atoms with van der Waals surface area (Å²) in [6.07, 6.45) is 10.8. The lowest BCUT2D eigenvalue weighted by Crippen LogP contribution is -2.45. The molecule has 5 heterocycles. The standard InChI is InChI=1S/C27H27ClN8O/c28-22-5-3-21(4-6-22)27(19-37)9-14-34(15-10-27)24-2-1-13-36-25(24)32-26(33-36)31-23-16-30-35(18-23)17-20-7-11-29-12-8-20/h1-8,11-13,16,18,37H,9-10,14-15,17,19H2,(H,31,33). The lowest BCUT2D eigenvalue weighted by atomic mass is 9.73. The largest absolute Gasteiger partial charge is 0.395 e. The fraction of sp³-hybridized carbons (Fsp3) is 0.259. The van der Waals surface area contributed by atoms with Crippen LogP contribution in [0.1, 0.15) is 24.0 Å². The molecule has 1 saturated heterocycles. The van der Waals surface area contributed by atoms with Gasteiger partial charge in [0.1, 0.15) is 0 Å². The molecule has 0 aliphatic carbocycles. The average molecular weight is 515 g/mol. The molecule has 188 valence electrons. The van der Waals surface area contributed by atoms with Crippen LogP contribution in [0.5, 0.6) is 0 Å². The number of hydrogen-bond donors (Lipinski definition) is 2. The molecule has 1 aromatic carbocycles. The summed E-state index contributed by atoms with van der Waals surface area (Å²) in [5, 5.41) is 23.4. The zero-order chi connectivity index (χ0) is 25.2. The summed E-state index contributed by atoms with van der Waals surface area (Å²) in [5.74, 6) is 0.513. The third-order valence-corrected chi connectivity index (χ3v) is 7.40. The van der Waals surface area contributed by atoms with Gasteiger partial charge in [-0.15, -0.1) is 5.10 Å². The molecule has 5 aromatic rings. The topological polar surface area (TPSA) is 96.4 Å². The van der Waals surface area contributed by atoms with Gasteiger partial charge in [0.05, 0.1) is 30.7 Å². The first-order valence-electron chi connectivity index (χ1n) is 12.3. The number of benzene rings is 1. The molecular formula is C27H27ClN8O. The average Bonchev–Trinajstić information content (AvgIpc) is 3.56. The van der Waals surface area contributed by atoms with E-state index in [1.165, 1.54) is 0 Å². The Labute approximate surface area is 219 Å². The first kappa shape index (κ1) is 23.4. The van der Waals surface area contributed by atoms with Crippen molar-refractivity contribution in [3.63, 3.8) is 0 Å². The van der Waals surface area contributed by atoms with Crippen molar-refractivity contribution in [1.29, 1.82) is 0 Å². The van der Waals surface area contributed by atoms with Crippen LogP contribution in [0.3, 0.4) is 0 Å². The molecule has 37 heavy (non-hydrogen) atoms. The van der Waals surface area contributed by atoms with Crippen molar-refractivity contribution in [1.82, 2.24) is 29.4 Å². The second-order valence-electron chi connectivity index (χ2n) is 9.44. The molecule has 9 nitrogen and oxygen atoms in total. The zero-order valence-electron chi connectivity index (χ0n) is 20.2. The molecule has 0 saturated carbocycles. The highest BCUT2D eigenvalue weighted by atomic mass is 35.5. The Morgan fingerprint density at radius 3 is 2.57 bits per heavy atom. The SMILES string of the molecule is OCC1(c2ccc(Cl)cc2)CCN(c2cccn3nc(Nc4cnn(Cc5ccncc5)c4)nc23)CC1. The van der Waals surface area contributed by atoms with Crippen LogP contribution in [-0.4, -0.2) is 54.2 Å². The van der Waals surface area contributed by atoms with Crippen LogP contribution in [0.25, 0.3) is 5.65 Å². The normalized spacial score (nSPS) is 15.2. The number of piperidine rings is 1. The van der Waals surface area contributed by atoms with Gasteiger partial charge in [0, 0.05) is 48.3 Å². The van der Waals surface area contributed by atoms with Gasteiger partial charge in [-0.05, 0) is 60.4 Å². The molecule has 0 atom stereocenters. The van der Waals surface area contributed by atoms with E-state index in [4.69, 9.17) is 16.6 Å². The van der Waals surface area contributed by atoms with E-state index in [2.05, 4.69) is 31.5 Å². The molecule has 0 radical (unpaired) electrons. The van der Waals surface area contributed by atoms with E-state index < -0.39 is 0 Å². The smallest absolute Gasteiger partial charge is 0.247 e. The number of rotatable bonds is 7. The summed E-state index contributed by atoms with van der Waals surface area (Å²) in [5.41, 5.74) is 4.64. The zero-order valence-corrected chi connectivity index (χ0v) is 21.0. The van der Waals surface area contributed by atoms with Gasteiger partial charge in [-0.3, -0.25) is 9.67 Å². The number of aromatic nitrogens is 6. The highest BCUT2D eigenvalue weighted by molar-refractivity contribution is 6.30. The van der Waals surface area contributed by atoms with Crippen LogP contribution in [-0.2, 0) is 12.0 Å². The van der Waals surface area contributed by atoms with Gasteiger partial charge >= 0.3 is 0 Å². The van der Waals surface area contributed by atoms with Gasteiger partial charge in [-0.1, -0.05) is 23.7 Å². The number of aliphatic hydroxyl groups is 1. The molecule has 0 unspecified atom stereocenters. The Balaban J connectivity index is 1.18. The fourth-order valence-electron chi connectivity index (χ4n) is 5.03. The van der Waals surface area contributed by atoms with Crippen LogP contribution in [0.2, 0.25) is 5.02 Å². The van der Waals surface area contributed by atoms with Crippen molar-refractivity contribution >= 4 is 34.6 Å². The van der Waals surface area contributed by atoms with E-state index in [1.54, 1.807) is 23.1 Å². The van der Waals surface area contributed by atoms with Crippen molar-refractivity contribution in [3.05, 3.63) is 95.7 Å². The Morgan fingerprint density at radius 1 is 1.03 bits per heavy atom. The molecule has 0 spiro atoms. The molecule has 2 N–H and O–H groups in total. The van der Waals surface area contributed by atoms with E-state index in [1.807, 2.05) is 59.5 Å². The van der Waals surface area contributed by atoms with Crippen molar-refractivity contribution in [2.45, 2.75) is 24.8 Å². The summed E-state index contributed by atoms with van der Waals surface area (Å²) in [4.78, 5) is 11.2. The second-order valence-corrected chi connectivity index (χ2v) is 9.87. The maximum absolute atomic E-state index is 10.3. The molecule has 0 amide bonds. The lowest BCUT2D eigenvalue weighted by Gasteiger charge is -2.42. The van der Waals surface area contributed by atoms with Gasteiger partial charge in [0.25, 0.3) is 0 Å². The minimum atomic E-state index is -0.261. The summed E-state index contributed by atoms with van der Waals surface area (Å²) in [6, 6.07) is 15.9. The van der Waals surface area contributed by atoms with E-state index in [0.717, 1.165) is 54.1 Å². The van der Waals surface area contributed by atoms with E-state index in [-0.39, 0.29) is 12.0 Å². The van der Waals surface area contributed by atoms with Crippen LogP contribution < -0.4 is 10.2 Å². The second kappa shape index (κ2) is 9.84. The number of anilines is 3. The van der Waals surface area contributed by atoms with Crippen LogP contribution in [0.4, 0.5) is 17.3 Å². The predicted octanol–water partition coefficient (Wildman–Crippen LogP) is 4.30. The Morgan fingerprint density at radius 2 is 1.81 bits per heavy atom. The highest BCUT2D eigenvalue weighted by Gasteiger charge is 2.36. The monoisotopic (exact) mass is 514 g/mol. The number of aliphatic hydroxyl groups excluding tert-OH is 1. The molecule has 1 aliphatic heterocycles. The number of nitrogens with zero attached hydrogens (tertiary/aromatic N) is 7. The van der Waals surface area contributed by atoms with Crippen molar-refractivity contribution in [2.24, 2.45) is 0 Å². The molecule has 1 aliphatic rings. The van der Waals surface area contributed by atoms with Gasteiger partial charge in [0.15, 0.2) is 5.65 Å². The molecule has 10 heteroatoms. The lowest BCUT2D eigenvalue weighted by molar-refractivity contribution is 0.165. The quantitative estimate of drug-likeness (QED) is 0.334. The van der Waals surface area contributed by atoms with E-state index in [0.29, 0.717) is 17.5 Å². The number of pyridine rings is 2. The minimum absolute atomic E-state index is 0.112. The minimum Gasteiger partial charge on any atom is -0.395 e. The van der Waals surface area contributed by atoms with Gasteiger partial charge in [0.2, 0.25) is 5.95 Å². The first-order valence-corrected chi connectivity index (χ1v) is 12.7. The van der Waals surface area contributed by atoms with Gasteiger partial charge in [-0.2, -0.15) is 10.1 Å². The van der Waals surface area contributed by atoms with Crippen molar-refractivity contribution in [3.8, 4) is 0 Å². The van der Waals surface area contributed by atoms with Crippen LogP contribution in [0, 0.1) is 0 Å². The summed E-state index contributed by atoms with van der Waals surface area (Å²) in [6.45, 7) is 2.38. The Kier molecular flexibility index (Phi) is 6.23. The highest BCUT2D eigenvalue weighted by Crippen LogP contribution is 2.37. The summed E-state index contributed by atoms with van der Waals surface area (Å²) >= 11 is 6.09. The number of hydrogen-bond acceptors (Lipinski definition) is 7. The Hall–Kier alpha value is -3.95. The fourth-order valence-corrected chi connectivity index (χ4v) is 5.15. The molecule has 0 bridgehead atoms. The maximum Gasteiger partial charge on any atom is 0.247 e. The molecule has 1 fully saturated rings. The molecule has 4 aromatic heterocycles. The summed E-state index contributed by atoms with van der Waals surface area (Å²) < 4.78 is 3.66. The number of nitrogens with one attached hydrogen (secondary N) is 1. The molecule has 6 rings (SSSR count). The summed E-state index contributed by atoms with van der Waals surface area (Å²) in [7, 11) is 0. The Bertz CT molecular complexity index is 1490. The van der Waals surface area contributed by atoms with Crippen molar-refractivity contribution in [2.75, 3.05) is 29.9 Å². The maximum atomic E-state index is 10.3. The van der Waals surface area contributed by atoms with Gasteiger partial charge < -0.3 is 15.3 Å². The van der Waals surface area contributed by atoms with Gasteiger partial charge in [-0.25, -0.2) is 4.52 Å². The van der Waals surface area contributed by atoms with Crippen LogP contribution in [0.15, 0.2) is 79.5 Å². The van der Waals surface area contributed by atoms with E-state index >= 15 is 0 Å². The van der Waals surface area contributed by atoms with Crippen LogP contribution >= 0.6 is 11.6 Å². The number of fused-ring (bicyclic) bond motifs is 1. The van der Waals surface area contributed by atoms with E-state index in [9.17, 15) is 5.11 Å². The van der Waals surface area contributed by atoms with Crippen molar-refractivity contribution < 1.29 is 5.11 Å². The number of halogens is 1. The third kappa shape index (κ3) is 4.75. The first-order chi connectivity index (χ1) is 18.1. The molecular weight excluding hydrogens is 488 g/mol. The third-order valence-electron chi connectivity index (χ3n) is 7.15. The predicted molar refractivity (Wildman–Crippen MR) is 143 cm³/mol.